The van der Waals surface area contributed by atoms with E-state index in [0.717, 1.165) is 16.9 Å². The third kappa shape index (κ3) is 6.09. The molecule has 0 spiro atoms. The number of nitrogens with zero attached hydrogens (tertiary/aromatic N) is 2. The van der Waals surface area contributed by atoms with Gasteiger partial charge in [-0.05, 0) is 64.8 Å². The highest BCUT2D eigenvalue weighted by Crippen LogP contribution is 2.27. The van der Waals surface area contributed by atoms with Gasteiger partial charge in [0, 0.05) is 0 Å². The maximum absolute atomic E-state index is 12.8. The van der Waals surface area contributed by atoms with Crippen LogP contribution in [0.5, 0.6) is 17.4 Å². The number of aryl methyl sites for hydroxylation is 1. The van der Waals surface area contributed by atoms with Crippen LogP contribution in [0.2, 0.25) is 0 Å². The van der Waals surface area contributed by atoms with Gasteiger partial charge in [0.1, 0.15) is 22.7 Å². The molecule has 0 fully saturated rings. The Balaban J connectivity index is 1.50. The fraction of sp³-hybridized carbons (Fsp3) is 0.0833. The summed E-state index contributed by atoms with van der Waals surface area (Å²) in [5.74, 6) is 1.43. The number of hydrogen-bond acceptors (Lipinski definition) is 6. The van der Waals surface area contributed by atoms with Crippen molar-refractivity contribution in [3.63, 3.8) is 0 Å². The van der Waals surface area contributed by atoms with Crippen LogP contribution in [0.3, 0.4) is 0 Å². The third-order valence-electron chi connectivity index (χ3n) is 4.53. The minimum absolute atomic E-state index is 0.00420. The number of sulfonamides is 1. The number of nitrogens with one attached hydrogen (secondary N) is 1. The van der Waals surface area contributed by atoms with E-state index in [-0.39, 0.29) is 23.2 Å². The molecule has 1 heterocycles. The van der Waals surface area contributed by atoms with Crippen LogP contribution < -0.4 is 14.2 Å². The van der Waals surface area contributed by atoms with Gasteiger partial charge in [0.05, 0.1) is 11.1 Å². The molecule has 4 rings (SSSR count). The fourth-order valence-corrected chi connectivity index (χ4v) is 4.17. The molecule has 0 atom stereocenters. The lowest BCUT2D eigenvalue weighted by Crippen LogP contribution is -2.15. The second kappa shape index (κ2) is 10.0. The first-order valence-corrected chi connectivity index (χ1v) is 12.2. The Morgan fingerprint density at radius 2 is 1.67 bits per heavy atom. The molecule has 4 aromatic rings. The number of hydrogen-bond donors (Lipinski definition) is 1. The zero-order valence-corrected chi connectivity index (χ0v) is 20.0. The van der Waals surface area contributed by atoms with Crippen LogP contribution in [-0.2, 0) is 16.6 Å². The molecule has 0 saturated carbocycles. The molecular weight excluding hydrogens is 506 g/mol. The van der Waals surface area contributed by atoms with Crippen molar-refractivity contribution >= 4 is 31.8 Å². The summed E-state index contributed by atoms with van der Waals surface area (Å²) in [6, 6.07) is 23.4. The van der Waals surface area contributed by atoms with Gasteiger partial charge in [-0.25, -0.2) is 18.4 Å². The topological polar surface area (TPSA) is 90.4 Å². The van der Waals surface area contributed by atoms with Gasteiger partial charge in [0.25, 0.3) is 15.9 Å². The zero-order chi connectivity index (χ0) is 23.3. The van der Waals surface area contributed by atoms with Crippen molar-refractivity contribution in [2.75, 3.05) is 4.72 Å². The van der Waals surface area contributed by atoms with Crippen molar-refractivity contribution in [2.24, 2.45) is 0 Å². The van der Waals surface area contributed by atoms with E-state index in [1.54, 1.807) is 12.1 Å². The second-order valence-corrected chi connectivity index (χ2v) is 9.61. The van der Waals surface area contributed by atoms with Crippen molar-refractivity contribution in [2.45, 2.75) is 18.4 Å². The Kier molecular flexibility index (Phi) is 6.90. The molecule has 33 heavy (non-hydrogen) atoms. The molecule has 0 aliphatic carbocycles. The molecule has 0 aliphatic heterocycles. The maximum atomic E-state index is 12.8. The first-order valence-electron chi connectivity index (χ1n) is 9.96. The van der Waals surface area contributed by atoms with E-state index in [1.807, 2.05) is 61.5 Å². The minimum Gasteiger partial charge on any atom is -0.470 e. The summed E-state index contributed by atoms with van der Waals surface area (Å²) in [6.45, 7) is 2.02. The van der Waals surface area contributed by atoms with Crippen LogP contribution in [0.25, 0.3) is 0 Å². The van der Waals surface area contributed by atoms with Crippen LogP contribution in [-0.4, -0.2) is 18.4 Å². The lowest BCUT2D eigenvalue weighted by atomic mass is 10.2. The lowest BCUT2D eigenvalue weighted by Gasteiger charge is -2.13. The Labute approximate surface area is 200 Å². The molecule has 0 saturated heterocycles. The maximum Gasteiger partial charge on any atom is 0.263 e. The van der Waals surface area contributed by atoms with Gasteiger partial charge in [-0.3, -0.25) is 4.72 Å². The van der Waals surface area contributed by atoms with Crippen LogP contribution in [0.1, 0.15) is 11.1 Å². The number of ether oxygens (including phenoxy) is 2. The molecule has 1 aromatic heterocycles. The average molecular weight is 526 g/mol. The minimum atomic E-state index is -3.86. The van der Waals surface area contributed by atoms with Crippen LogP contribution in [0.4, 0.5) is 5.82 Å². The van der Waals surface area contributed by atoms with Crippen molar-refractivity contribution in [3.8, 4) is 17.4 Å². The first-order chi connectivity index (χ1) is 15.9. The highest BCUT2D eigenvalue weighted by Gasteiger charge is 2.19. The van der Waals surface area contributed by atoms with E-state index in [4.69, 9.17) is 9.47 Å². The third-order valence-corrected chi connectivity index (χ3v) is 6.26. The molecule has 0 radical (unpaired) electrons. The molecule has 9 heteroatoms. The van der Waals surface area contributed by atoms with Gasteiger partial charge in [0.2, 0.25) is 5.82 Å². The van der Waals surface area contributed by atoms with E-state index >= 15 is 0 Å². The summed E-state index contributed by atoms with van der Waals surface area (Å²) in [5.41, 5.74) is 1.78. The SMILES string of the molecule is Cc1ccc(S(=O)(=O)Nc2ncc(Br)nc2OCc2cccc(Oc3ccccc3)c2)cc1. The quantitative estimate of drug-likeness (QED) is 0.316. The van der Waals surface area contributed by atoms with Gasteiger partial charge in [-0.15, -0.1) is 0 Å². The van der Waals surface area contributed by atoms with Crippen molar-refractivity contribution in [1.82, 2.24) is 9.97 Å². The number of benzene rings is 3. The van der Waals surface area contributed by atoms with Crippen LogP contribution in [0, 0.1) is 6.92 Å². The van der Waals surface area contributed by atoms with E-state index in [1.165, 1.54) is 18.3 Å². The number of para-hydroxylation sites is 1. The normalized spacial score (nSPS) is 11.1. The number of anilines is 1. The molecule has 0 bridgehead atoms. The zero-order valence-electron chi connectivity index (χ0n) is 17.6. The summed E-state index contributed by atoms with van der Waals surface area (Å²) in [5, 5.41) is 0. The predicted molar refractivity (Wildman–Crippen MR) is 129 cm³/mol. The molecular formula is C24H20BrN3O4S. The van der Waals surface area contributed by atoms with Gasteiger partial charge < -0.3 is 9.47 Å². The summed E-state index contributed by atoms with van der Waals surface area (Å²) >= 11 is 3.25. The summed E-state index contributed by atoms with van der Waals surface area (Å²) in [7, 11) is -3.86. The lowest BCUT2D eigenvalue weighted by molar-refractivity contribution is 0.293. The van der Waals surface area contributed by atoms with Crippen molar-refractivity contribution in [3.05, 3.63) is 101 Å². The molecule has 168 valence electrons. The van der Waals surface area contributed by atoms with Gasteiger partial charge in [0.15, 0.2) is 0 Å². The van der Waals surface area contributed by atoms with E-state index in [0.29, 0.717) is 10.4 Å². The first kappa shape index (κ1) is 22.8. The van der Waals surface area contributed by atoms with E-state index in [9.17, 15) is 8.42 Å². The number of aromatic nitrogens is 2. The largest absolute Gasteiger partial charge is 0.470 e. The van der Waals surface area contributed by atoms with Gasteiger partial charge in [-0.1, -0.05) is 48.0 Å². The van der Waals surface area contributed by atoms with Gasteiger partial charge >= 0.3 is 0 Å². The Bertz CT molecular complexity index is 1350. The predicted octanol–water partition coefficient (Wildman–Crippen LogP) is 5.72. The van der Waals surface area contributed by atoms with Gasteiger partial charge in [-0.2, -0.15) is 0 Å². The molecule has 1 N–H and O–H groups in total. The standard InChI is InChI=1S/C24H20BrN3O4S/c1-17-10-12-21(13-11-17)33(29,30)28-23-24(27-22(25)15-26-23)31-16-18-6-5-9-20(14-18)32-19-7-3-2-4-8-19/h2-15H,16H2,1H3,(H,26,28). The van der Waals surface area contributed by atoms with E-state index in [2.05, 4.69) is 30.6 Å². The molecule has 0 aliphatic rings. The molecule has 0 unspecified atom stereocenters. The van der Waals surface area contributed by atoms with Crippen LogP contribution in [0.15, 0.2) is 94.6 Å². The van der Waals surface area contributed by atoms with Crippen molar-refractivity contribution in [1.29, 1.82) is 0 Å². The molecule has 7 nitrogen and oxygen atoms in total. The van der Waals surface area contributed by atoms with E-state index < -0.39 is 10.0 Å². The van der Waals surface area contributed by atoms with Crippen molar-refractivity contribution < 1.29 is 17.9 Å². The Hall–Kier alpha value is -3.43. The summed E-state index contributed by atoms with van der Waals surface area (Å²) < 4.78 is 40.1. The average Bonchev–Trinajstić information content (AvgIpc) is 2.80. The highest BCUT2D eigenvalue weighted by atomic mass is 79.9. The molecule has 0 amide bonds. The smallest absolute Gasteiger partial charge is 0.263 e. The highest BCUT2D eigenvalue weighted by molar-refractivity contribution is 9.10. The summed E-state index contributed by atoms with van der Waals surface area (Å²) in [6.07, 6.45) is 1.40. The second-order valence-electron chi connectivity index (χ2n) is 7.12. The molecule has 3 aromatic carbocycles. The number of halogens is 1. The van der Waals surface area contributed by atoms with Crippen LogP contribution >= 0.6 is 15.9 Å². The Morgan fingerprint density at radius 1 is 0.939 bits per heavy atom. The summed E-state index contributed by atoms with van der Waals surface area (Å²) in [4.78, 5) is 8.51. The Morgan fingerprint density at radius 3 is 2.42 bits per heavy atom. The fourth-order valence-electron chi connectivity index (χ4n) is 2.90. The number of rotatable bonds is 8. The monoisotopic (exact) mass is 525 g/mol.